The van der Waals surface area contributed by atoms with Crippen LogP contribution in [0.3, 0.4) is 0 Å². The lowest BCUT2D eigenvalue weighted by Gasteiger charge is -2.12. The van der Waals surface area contributed by atoms with Crippen LogP contribution < -0.4 is 9.47 Å². The molecule has 0 fully saturated rings. The van der Waals surface area contributed by atoms with Crippen molar-refractivity contribution in [3.8, 4) is 39.9 Å². The van der Waals surface area contributed by atoms with Crippen molar-refractivity contribution in [2.24, 2.45) is 20.5 Å². The molecular formula is C35H26N4O13S2. The number of aromatic hydroxyl groups is 3. The van der Waals surface area contributed by atoms with Crippen molar-refractivity contribution in [1.29, 1.82) is 0 Å². The molecule has 0 spiro atoms. The Morgan fingerprint density at radius 3 is 1.65 bits per heavy atom. The minimum absolute atomic E-state index is 0.0934. The summed E-state index contributed by atoms with van der Waals surface area (Å²) in [7, 11) is -6.94. The van der Waals surface area contributed by atoms with Gasteiger partial charge in [0.05, 0.1) is 19.6 Å². The molecule has 6 aromatic rings. The predicted molar refractivity (Wildman–Crippen MR) is 193 cm³/mol. The number of methoxy groups -OCH3 is 2. The van der Waals surface area contributed by atoms with Crippen molar-refractivity contribution >= 4 is 70.5 Å². The second kappa shape index (κ2) is 14.0. The van der Waals surface area contributed by atoms with Crippen LogP contribution in [0.4, 0.5) is 22.7 Å². The molecule has 6 rings (SSSR count). The largest absolute Gasteiger partial charge is 0.506 e. The maximum Gasteiger partial charge on any atom is 0.339 e. The molecule has 0 aliphatic heterocycles. The van der Waals surface area contributed by atoms with Gasteiger partial charge in [-0.3, -0.25) is 9.11 Å². The van der Waals surface area contributed by atoms with Gasteiger partial charge in [-0.05, 0) is 59.7 Å². The van der Waals surface area contributed by atoms with Crippen molar-refractivity contribution in [3.63, 3.8) is 0 Å². The lowest BCUT2D eigenvalue weighted by atomic mass is 10.0. The molecule has 0 radical (unpaired) electrons. The summed E-state index contributed by atoms with van der Waals surface area (Å²) in [5.41, 5.74) is -0.142. The van der Waals surface area contributed by atoms with Crippen LogP contribution in [0.1, 0.15) is 10.4 Å². The van der Waals surface area contributed by atoms with E-state index in [0.29, 0.717) is 17.2 Å². The summed E-state index contributed by atoms with van der Waals surface area (Å²) in [6.45, 7) is 0. The van der Waals surface area contributed by atoms with Gasteiger partial charge in [0.1, 0.15) is 61.1 Å². The first-order valence-corrected chi connectivity index (χ1v) is 18.1. The third kappa shape index (κ3) is 6.94. The van der Waals surface area contributed by atoms with Gasteiger partial charge >= 0.3 is 5.97 Å². The molecule has 6 aromatic carbocycles. The Balaban J connectivity index is 1.36. The van der Waals surface area contributed by atoms with Gasteiger partial charge in [0.15, 0.2) is 5.75 Å². The molecule has 276 valence electrons. The molecular weight excluding hydrogens is 749 g/mol. The molecule has 0 aliphatic rings. The fraction of sp³-hybridized carbons (Fsp3) is 0.0571. The van der Waals surface area contributed by atoms with E-state index in [4.69, 9.17) is 9.47 Å². The quantitative estimate of drug-likeness (QED) is 0.0573. The maximum absolute atomic E-state index is 12.1. The molecule has 0 saturated heterocycles. The standard InChI is InChI=1S/C35H26N4O13S2/c1-51-27-13-17(7-10-23(27)36-38-25-16-30(54(48,49)50)19-5-3-4-6-20(19)33(25)41)18-8-11-24(28(14-18)52-2)37-39-32-26(40)12-9-21-29(53(45,46)47)15-22(35(43)44)34(42)31(21)32/h3-16,40-42H,1-2H3,(H,43,44)(H,45,46,47)(H,48,49,50). The topological polar surface area (TPSA) is 275 Å². The lowest BCUT2D eigenvalue weighted by Crippen LogP contribution is -2.04. The van der Waals surface area contributed by atoms with Gasteiger partial charge in [0, 0.05) is 16.2 Å². The Labute approximate surface area is 305 Å². The van der Waals surface area contributed by atoms with Crippen LogP contribution in [0.15, 0.2) is 115 Å². The first-order valence-electron chi connectivity index (χ1n) is 15.2. The molecule has 0 heterocycles. The number of carbonyl (C=O) groups is 1. The second-order valence-corrected chi connectivity index (χ2v) is 14.1. The van der Waals surface area contributed by atoms with E-state index in [1.807, 2.05) is 0 Å². The van der Waals surface area contributed by atoms with Crippen molar-refractivity contribution in [2.75, 3.05) is 14.2 Å². The molecule has 0 unspecified atom stereocenters. The highest BCUT2D eigenvalue weighted by Crippen LogP contribution is 2.46. The number of hydrogen-bond donors (Lipinski definition) is 6. The number of carboxylic acids is 1. The van der Waals surface area contributed by atoms with Gasteiger partial charge in [-0.15, -0.1) is 20.5 Å². The van der Waals surface area contributed by atoms with Crippen LogP contribution in [0.5, 0.6) is 28.7 Å². The van der Waals surface area contributed by atoms with Crippen molar-refractivity contribution in [2.45, 2.75) is 9.79 Å². The van der Waals surface area contributed by atoms with E-state index in [9.17, 15) is 51.2 Å². The van der Waals surface area contributed by atoms with Crippen LogP contribution >= 0.6 is 0 Å². The average Bonchev–Trinajstić information content (AvgIpc) is 3.13. The maximum atomic E-state index is 12.1. The second-order valence-electron chi connectivity index (χ2n) is 11.3. The van der Waals surface area contributed by atoms with E-state index in [2.05, 4.69) is 20.5 Å². The fourth-order valence-electron chi connectivity index (χ4n) is 5.61. The number of fused-ring (bicyclic) bond motifs is 2. The van der Waals surface area contributed by atoms with Gasteiger partial charge in [-0.25, -0.2) is 4.79 Å². The number of ether oxygens (including phenoxy) is 2. The van der Waals surface area contributed by atoms with Crippen LogP contribution in [-0.4, -0.2) is 66.6 Å². The molecule has 0 bridgehead atoms. The van der Waals surface area contributed by atoms with Gasteiger partial charge < -0.3 is 29.9 Å². The number of benzene rings is 6. The van der Waals surface area contributed by atoms with E-state index in [-0.39, 0.29) is 50.5 Å². The van der Waals surface area contributed by atoms with E-state index >= 15 is 0 Å². The Kier molecular flexibility index (Phi) is 9.65. The molecule has 19 heteroatoms. The summed E-state index contributed by atoms with van der Waals surface area (Å²) >= 11 is 0. The molecule has 17 nitrogen and oxygen atoms in total. The third-order valence-corrected chi connectivity index (χ3v) is 9.94. The van der Waals surface area contributed by atoms with Crippen LogP contribution in [0.25, 0.3) is 32.7 Å². The molecule has 0 aromatic heterocycles. The highest BCUT2D eigenvalue weighted by atomic mass is 32.2. The number of azo groups is 2. The highest BCUT2D eigenvalue weighted by molar-refractivity contribution is 7.86. The van der Waals surface area contributed by atoms with Crippen molar-refractivity contribution < 1.29 is 60.6 Å². The Morgan fingerprint density at radius 2 is 1.11 bits per heavy atom. The van der Waals surface area contributed by atoms with Crippen molar-refractivity contribution in [1.82, 2.24) is 0 Å². The zero-order valence-corrected chi connectivity index (χ0v) is 29.4. The number of phenolic OH excluding ortho intramolecular Hbond substituents is 2. The van der Waals surface area contributed by atoms with Gasteiger partial charge in [0.2, 0.25) is 0 Å². The van der Waals surface area contributed by atoms with Crippen LogP contribution in [0.2, 0.25) is 0 Å². The van der Waals surface area contributed by atoms with Gasteiger partial charge in [-0.2, -0.15) is 16.8 Å². The minimum atomic E-state index is -4.99. The number of carboxylic acid groups (broad SMARTS) is 1. The Hall–Kier alpha value is -6.67. The zero-order valence-electron chi connectivity index (χ0n) is 27.7. The SMILES string of the molecule is COc1cc(-c2ccc(N=Nc3c(O)ccc4c(S(=O)(=O)O)cc(C(=O)O)c(O)c34)c(OC)c2)ccc1N=Nc1cc(S(=O)(=O)O)c2ccccc2c1O. The van der Waals surface area contributed by atoms with E-state index in [1.54, 1.807) is 42.5 Å². The van der Waals surface area contributed by atoms with Gasteiger partial charge in [-0.1, -0.05) is 36.4 Å². The number of nitrogens with zero attached hydrogens (tertiary/aromatic N) is 4. The number of rotatable bonds is 10. The number of aromatic carboxylic acids is 1. The predicted octanol–water partition coefficient (Wildman–Crippen LogP) is 7.82. The van der Waals surface area contributed by atoms with E-state index in [1.165, 1.54) is 32.4 Å². The van der Waals surface area contributed by atoms with E-state index in [0.717, 1.165) is 18.2 Å². The average molecular weight is 775 g/mol. The van der Waals surface area contributed by atoms with Crippen LogP contribution in [-0.2, 0) is 20.2 Å². The summed E-state index contributed by atoms with van der Waals surface area (Å²) < 4.78 is 78.8. The minimum Gasteiger partial charge on any atom is -0.506 e. The Bertz CT molecular complexity index is 2820. The smallest absolute Gasteiger partial charge is 0.339 e. The molecule has 54 heavy (non-hydrogen) atoms. The normalized spacial score (nSPS) is 12.2. The number of hydrogen-bond acceptors (Lipinski definition) is 14. The molecule has 0 amide bonds. The summed E-state index contributed by atoms with van der Waals surface area (Å²) in [4.78, 5) is 10.5. The van der Waals surface area contributed by atoms with Crippen molar-refractivity contribution in [3.05, 3.63) is 90.5 Å². The molecule has 0 atom stereocenters. The van der Waals surface area contributed by atoms with Crippen LogP contribution in [0, 0.1) is 0 Å². The molecule has 0 aliphatic carbocycles. The first kappa shape index (κ1) is 37.1. The highest BCUT2D eigenvalue weighted by Gasteiger charge is 2.26. The summed E-state index contributed by atoms with van der Waals surface area (Å²) in [5.74, 6) is -3.21. The van der Waals surface area contributed by atoms with Gasteiger partial charge in [0.25, 0.3) is 20.2 Å². The monoisotopic (exact) mass is 774 g/mol. The zero-order chi connectivity index (χ0) is 39.1. The number of phenols is 3. The fourth-order valence-corrected chi connectivity index (χ4v) is 7.04. The lowest BCUT2D eigenvalue weighted by molar-refractivity contribution is 0.0693. The van der Waals surface area contributed by atoms with E-state index < -0.39 is 64.1 Å². The third-order valence-electron chi connectivity index (χ3n) is 8.15. The Morgan fingerprint density at radius 1 is 0.593 bits per heavy atom. The first-order chi connectivity index (χ1) is 25.5. The molecule has 6 N–H and O–H groups in total. The summed E-state index contributed by atoms with van der Waals surface area (Å²) in [5, 5.41) is 57.3. The molecule has 0 saturated carbocycles. The summed E-state index contributed by atoms with van der Waals surface area (Å²) in [6.07, 6.45) is 0. The summed E-state index contributed by atoms with van der Waals surface area (Å²) in [6, 6.07) is 19.2.